The zero-order valence-corrected chi connectivity index (χ0v) is 7.98. The Kier molecular flexibility index (Phi) is 1.93. The summed E-state index contributed by atoms with van der Waals surface area (Å²) in [4.78, 5) is 11.3. The summed E-state index contributed by atoms with van der Waals surface area (Å²) in [5.41, 5.74) is -0.919. The van der Waals surface area contributed by atoms with Crippen molar-refractivity contribution in [1.82, 2.24) is 0 Å². The summed E-state index contributed by atoms with van der Waals surface area (Å²) < 4.78 is 17.3. The average molecular weight is 174 g/mol. The van der Waals surface area contributed by atoms with Crippen molar-refractivity contribution in [2.75, 3.05) is 0 Å². The number of rotatable bonds is 0. The lowest BCUT2D eigenvalue weighted by Crippen LogP contribution is -2.36. The van der Waals surface area contributed by atoms with Crippen LogP contribution in [0.1, 0.15) is 34.1 Å². The predicted molar refractivity (Wildman–Crippen MR) is 43.2 cm³/mol. The molecule has 0 aliphatic carbocycles. The number of hydrogen-bond donors (Lipinski definition) is 0. The zero-order chi connectivity index (χ0) is 9.57. The lowest BCUT2D eigenvalue weighted by molar-refractivity contribution is -0.156. The molecule has 1 saturated heterocycles. The van der Waals surface area contributed by atoms with Crippen molar-refractivity contribution in [2.24, 2.45) is 10.8 Å². The van der Waals surface area contributed by atoms with Gasteiger partial charge in [0.05, 0.1) is 5.41 Å². The molecule has 0 amide bonds. The molecule has 3 heteroatoms. The SMILES string of the molecule is CC(C)(C)C1(C)CC(F)OC1=O. The molecule has 1 heterocycles. The summed E-state index contributed by atoms with van der Waals surface area (Å²) in [5, 5.41) is 0. The van der Waals surface area contributed by atoms with Crippen LogP contribution < -0.4 is 0 Å². The van der Waals surface area contributed by atoms with Crippen LogP contribution in [0.3, 0.4) is 0 Å². The Labute approximate surface area is 72.1 Å². The van der Waals surface area contributed by atoms with Gasteiger partial charge in [0.1, 0.15) is 0 Å². The number of hydrogen-bond acceptors (Lipinski definition) is 2. The van der Waals surface area contributed by atoms with E-state index in [0.29, 0.717) is 0 Å². The van der Waals surface area contributed by atoms with Gasteiger partial charge in [0.15, 0.2) is 0 Å². The second-order valence-electron chi connectivity index (χ2n) is 4.60. The lowest BCUT2D eigenvalue weighted by atomic mass is 9.67. The largest absolute Gasteiger partial charge is 0.431 e. The molecule has 2 nitrogen and oxygen atoms in total. The van der Waals surface area contributed by atoms with Gasteiger partial charge in [-0.15, -0.1) is 0 Å². The van der Waals surface area contributed by atoms with Crippen LogP contribution in [-0.2, 0) is 9.53 Å². The van der Waals surface area contributed by atoms with Crippen molar-refractivity contribution in [3.8, 4) is 0 Å². The van der Waals surface area contributed by atoms with E-state index in [4.69, 9.17) is 0 Å². The molecular weight excluding hydrogens is 159 g/mol. The van der Waals surface area contributed by atoms with Crippen LogP contribution in [0, 0.1) is 10.8 Å². The molecule has 0 aromatic rings. The molecule has 12 heavy (non-hydrogen) atoms. The first-order valence-corrected chi connectivity index (χ1v) is 4.12. The molecule has 0 aromatic carbocycles. The van der Waals surface area contributed by atoms with Gasteiger partial charge in [-0.3, -0.25) is 4.79 Å². The van der Waals surface area contributed by atoms with E-state index >= 15 is 0 Å². The summed E-state index contributed by atoms with van der Waals surface area (Å²) in [6.07, 6.45) is -1.24. The van der Waals surface area contributed by atoms with Crippen molar-refractivity contribution in [2.45, 2.75) is 40.5 Å². The Morgan fingerprint density at radius 2 is 2.08 bits per heavy atom. The molecule has 0 radical (unpaired) electrons. The Bertz CT molecular complexity index is 207. The van der Waals surface area contributed by atoms with Gasteiger partial charge in [-0.05, 0) is 12.3 Å². The fraction of sp³-hybridized carbons (Fsp3) is 0.889. The zero-order valence-electron chi connectivity index (χ0n) is 7.98. The lowest BCUT2D eigenvalue weighted by Gasteiger charge is -2.34. The number of carbonyl (C=O) groups is 1. The molecule has 1 aliphatic rings. The van der Waals surface area contributed by atoms with Gasteiger partial charge < -0.3 is 4.74 Å². The van der Waals surface area contributed by atoms with Crippen molar-refractivity contribution >= 4 is 5.97 Å². The summed E-state index contributed by atoms with van der Waals surface area (Å²) >= 11 is 0. The molecule has 1 fully saturated rings. The van der Waals surface area contributed by atoms with Crippen LogP contribution in [0.2, 0.25) is 0 Å². The minimum Gasteiger partial charge on any atom is -0.431 e. The summed E-state index contributed by atoms with van der Waals surface area (Å²) in [6, 6.07) is 0. The Morgan fingerprint density at radius 1 is 1.58 bits per heavy atom. The first kappa shape index (κ1) is 9.49. The number of esters is 1. The van der Waals surface area contributed by atoms with E-state index in [0.717, 1.165) is 0 Å². The Hall–Kier alpha value is -0.600. The van der Waals surface area contributed by atoms with E-state index in [1.807, 2.05) is 20.8 Å². The van der Waals surface area contributed by atoms with E-state index in [1.54, 1.807) is 6.92 Å². The number of carbonyl (C=O) groups excluding carboxylic acids is 1. The highest BCUT2D eigenvalue weighted by Gasteiger charge is 2.52. The molecule has 0 aromatic heterocycles. The van der Waals surface area contributed by atoms with Crippen LogP contribution in [0.4, 0.5) is 4.39 Å². The van der Waals surface area contributed by atoms with Crippen LogP contribution in [0.25, 0.3) is 0 Å². The minimum absolute atomic E-state index is 0.176. The quantitative estimate of drug-likeness (QED) is 0.526. The van der Waals surface area contributed by atoms with E-state index in [-0.39, 0.29) is 11.8 Å². The first-order valence-electron chi connectivity index (χ1n) is 4.12. The number of alkyl halides is 1. The summed E-state index contributed by atoms with van der Waals surface area (Å²) in [5.74, 6) is -0.414. The molecule has 0 spiro atoms. The van der Waals surface area contributed by atoms with E-state index in [1.165, 1.54) is 0 Å². The molecule has 2 atom stereocenters. The van der Waals surface area contributed by atoms with Gasteiger partial charge in [0.25, 0.3) is 0 Å². The molecule has 1 aliphatic heterocycles. The van der Waals surface area contributed by atoms with Crippen molar-refractivity contribution in [3.05, 3.63) is 0 Å². The minimum atomic E-state index is -1.42. The van der Waals surface area contributed by atoms with E-state index < -0.39 is 17.7 Å². The Balaban J connectivity index is 2.93. The van der Waals surface area contributed by atoms with Crippen LogP contribution in [0.15, 0.2) is 0 Å². The maximum absolute atomic E-state index is 12.8. The highest BCUT2D eigenvalue weighted by molar-refractivity contribution is 5.79. The number of ether oxygens (including phenoxy) is 1. The third-order valence-corrected chi connectivity index (χ3v) is 2.91. The maximum Gasteiger partial charge on any atom is 0.315 e. The van der Waals surface area contributed by atoms with Gasteiger partial charge in [0.2, 0.25) is 6.36 Å². The van der Waals surface area contributed by atoms with Gasteiger partial charge in [-0.1, -0.05) is 20.8 Å². The Morgan fingerprint density at radius 3 is 2.25 bits per heavy atom. The van der Waals surface area contributed by atoms with Gasteiger partial charge in [-0.25, -0.2) is 4.39 Å². The molecule has 0 bridgehead atoms. The second-order valence-corrected chi connectivity index (χ2v) is 4.60. The smallest absolute Gasteiger partial charge is 0.315 e. The predicted octanol–water partition coefficient (Wildman–Crippen LogP) is 2.28. The summed E-state index contributed by atoms with van der Waals surface area (Å²) in [6.45, 7) is 7.53. The second kappa shape index (κ2) is 2.44. The van der Waals surface area contributed by atoms with E-state index in [9.17, 15) is 9.18 Å². The van der Waals surface area contributed by atoms with Gasteiger partial charge >= 0.3 is 5.97 Å². The topological polar surface area (TPSA) is 26.3 Å². The van der Waals surface area contributed by atoms with Crippen LogP contribution >= 0.6 is 0 Å². The average Bonchev–Trinajstić information content (AvgIpc) is 2.06. The van der Waals surface area contributed by atoms with E-state index in [2.05, 4.69) is 4.74 Å². The molecule has 0 N–H and O–H groups in total. The monoisotopic (exact) mass is 174 g/mol. The molecular formula is C9H15FO2. The van der Waals surface area contributed by atoms with Crippen molar-refractivity contribution in [3.63, 3.8) is 0 Å². The molecule has 0 saturated carbocycles. The molecule has 70 valence electrons. The van der Waals surface area contributed by atoms with Gasteiger partial charge in [-0.2, -0.15) is 0 Å². The van der Waals surface area contributed by atoms with Gasteiger partial charge in [0, 0.05) is 6.42 Å². The molecule has 1 rings (SSSR count). The fourth-order valence-corrected chi connectivity index (χ4v) is 1.30. The van der Waals surface area contributed by atoms with Crippen molar-refractivity contribution in [1.29, 1.82) is 0 Å². The maximum atomic E-state index is 12.8. The number of cyclic esters (lactones) is 1. The first-order chi connectivity index (χ1) is 5.27. The fourth-order valence-electron chi connectivity index (χ4n) is 1.30. The number of halogens is 1. The highest BCUT2D eigenvalue weighted by Crippen LogP contribution is 2.47. The van der Waals surface area contributed by atoms with Crippen LogP contribution in [-0.4, -0.2) is 12.3 Å². The standard InChI is InChI=1S/C9H15FO2/c1-8(2,3)9(4)5-6(10)12-7(9)11/h6H,5H2,1-4H3. The summed E-state index contributed by atoms with van der Waals surface area (Å²) in [7, 11) is 0. The normalized spacial score (nSPS) is 36.8. The third-order valence-electron chi connectivity index (χ3n) is 2.91. The third kappa shape index (κ3) is 1.21. The van der Waals surface area contributed by atoms with Crippen molar-refractivity contribution < 1.29 is 13.9 Å². The highest BCUT2D eigenvalue weighted by atomic mass is 19.1. The van der Waals surface area contributed by atoms with Crippen LogP contribution in [0.5, 0.6) is 0 Å². The molecule has 2 unspecified atom stereocenters.